The average Bonchev–Trinajstić information content (AvgIpc) is 2.96. The Hall–Kier alpha value is -2.56. The maximum absolute atomic E-state index is 12.8. The van der Waals surface area contributed by atoms with Crippen LogP contribution in [0.25, 0.3) is 10.8 Å². The highest BCUT2D eigenvalue weighted by molar-refractivity contribution is 7.89. The first-order valence-electron chi connectivity index (χ1n) is 8.79. The quantitative estimate of drug-likeness (QED) is 0.669. The topological polar surface area (TPSA) is 137 Å². The smallest absolute Gasteiger partial charge is 0.303 e. The summed E-state index contributed by atoms with van der Waals surface area (Å²) in [6, 6.07) is 7.09. The number of pyridine rings is 1. The summed E-state index contributed by atoms with van der Waals surface area (Å²) < 4.78 is 27.2. The zero-order chi connectivity index (χ0) is 20.6. The molecule has 1 aliphatic rings. The molecule has 0 unspecified atom stereocenters. The van der Waals surface area contributed by atoms with Crippen LogP contribution < -0.4 is 5.32 Å². The van der Waals surface area contributed by atoms with Crippen LogP contribution in [0, 0.1) is 0 Å². The summed E-state index contributed by atoms with van der Waals surface area (Å²) in [5.74, 6) is -2.15. The number of rotatable bonds is 5. The number of benzene rings is 1. The van der Waals surface area contributed by atoms with Gasteiger partial charge < -0.3 is 15.5 Å². The zero-order valence-electron chi connectivity index (χ0n) is 15.2. The van der Waals surface area contributed by atoms with Crippen molar-refractivity contribution in [2.75, 3.05) is 26.2 Å². The van der Waals surface area contributed by atoms with Gasteiger partial charge in [-0.05, 0) is 25.1 Å². The van der Waals surface area contributed by atoms with Crippen molar-refractivity contribution >= 4 is 32.7 Å². The second-order valence-corrected chi connectivity index (χ2v) is 8.05. The molecule has 1 saturated heterocycles. The van der Waals surface area contributed by atoms with Crippen molar-refractivity contribution in [3.05, 3.63) is 36.7 Å². The van der Waals surface area contributed by atoms with Gasteiger partial charge in [-0.25, -0.2) is 8.42 Å². The normalized spacial score (nSPS) is 15.3. The van der Waals surface area contributed by atoms with Crippen LogP contribution in [0.4, 0.5) is 0 Å². The third-order valence-corrected chi connectivity index (χ3v) is 6.07. The number of fused-ring (bicyclic) bond motifs is 1. The van der Waals surface area contributed by atoms with Gasteiger partial charge in [0.05, 0.1) is 17.7 Å². The Balaban J connectivity index is 0.000000300. The summed E-state index contributed by atoms with van der Waals surface area (Å²) in [7, 11) is -3.45. The van der Waals surface area contributed by atoms with E-state index in [-0.39, 0.29) is 12.8 Å². The third-order valence-electron chi connectivity index (χ3n) is 4.11. The highest BCUT2D eigenvalue weighted by Gasteiger charge is 2.26. The van der Waals surface area contributed by atoms with Gasteiger partial charge in [0.1, 0.15) is 0 Å². The van der Waals surface area contributed by atoms with E-state index in [1.165, 1.54) is 0 Å². The van der Waals surface area contributed by atoms with Crippen molar-refractivity contribution in [2.45, 2.75) is 24.2 Å². The third kappa shape index (κ3) is 5.98. The van der Waals surface area contributed by atoms with E-state index in [0.717, 1.165) is 23.7 Å². The number of aromatic nitrogens is 1. The SMILES string of the molecule is O=C(O)CCC(=O)O.O=S(=O)(c1cccc2cnccc12)N1CCCNCC1. The number of hydrogen-bond acceptors (Lipinski definition) is 6. The monoisotopic (exact) mass is 409 g/mol. The van der Waals surface area contributed by atoms with Crippen molar-refractivity contribution < 1.29 is 28.2 Å². The summed E-state index contributed by atoms with van der Waals surface area (Å²) in [6.45, 7) is 2.65. The van der Waals surface area contributed by atoms with Crippen LogP contribution in [0.15, 0.2) is 41.6 Å². The van der Waals surface area contributed by atoms with Gasteiger partial charge in [-0.2, -0.15) is 4.31 Å². The van der Waals surface area contributed by atoms with Gasteiger partial charge in [0.15, 0.2) is 0 Å². The van der Waals surface area contributed by atoms with Crippen molar-refractivity contribution in [3.8, 4) is 0 Å². The second kappa shape index (κ2) is 10.1. The van der Waals surface area contributed by atoms with E-state index in [1.807, 2.05) is 6.07 Å². The molecule has 1 aromatic carbocycles. The minimum absolute atomic E-state index is 0.296. The van der Waals surface area contributed by atoms with Crippen molar-refractivity contribution in [2.24, 2.45) is 0 Å². The highest BCUT2D eigenvalue weighted by atomic mass is 32.2. The first-order chi connectivity index (χ1) is 13.3. The molecule has 2 aromatic rings. The number of nitrogens with zero attached hydrogens (tertiary/aromatic N) is 2. The lowest BCUT2D eigenvalue weighted by molar-refractivity contribution is -0.143. The second-order valence-electron chi connectivity index (χ2n) is 6.15. The van der Waals surface area contributed by atoms with E-state index in [2.05, 4.69) is 10.3 Å². The fraction of sp³-hybridized carbons (Fsp3) is 0.389. The van der Waals surface area contributed by atoms with Gasteiger partial charge in [0.25, 0.3) is 0 Å². The number of hydrogen-bond donors (Lipinski definition) is 3. The van der Waals surface area contributed by atoms with Crippen molar-refractivity contribution in [1.82, 2.24) is 14.6 Å². The molecule has 3 rings (SSSR count). The standard InChI is InChI=1S/C14H17N3O2S.C4H6O4/c18-20(19,17-9-2-6-15-8-10-17)14-4-1-3-12-11-16-7-5-13(12)14;5-3(6)1-2-4(7)8/h1,3-5,7,11,15H,2,6,8-10H2;1-2H2,(H,5,6)(H,7,8). The van der Waals surface area contributed by atoms with Crippen LogP contribution in [-0.2, 0) is 19.6 Å². The van der Waals surface area contributed by atoms with E-state index >= 15 is 0 Å². The van der Waals surface area contributed by atoms with Gasteiger partial charge in [-0.3, -0.25) is 14.6 Å². The van der Waals surface area contributed by atoms with E-state index in [1.54, 1.807) is 34.9 Å². The number of carbonyl (C=O) groups is 2. The lowest BCUT2D eigenvalue weighted by Gasteiger charge is -2.20. The molecule has 1 fully saturated rings. The molecule has 1 aromatic heterocycles. The number of sulfonamides is 1. The predicted octanol–water partition coefficient (Wildman–Crippen LogP) is 1.15. The summed E-state index contributed by atoms with van der Waals surface area (Å²) in [5, 5.41) is 20.6. The lowest BCUT2D eigenvalue weighted by Crippen LogP contribution is -2.34. The van der Waals surface area contributed by atoms with Crippen molar-refractivity contribution in [1.29, 1.82) is 0 Å². The molecule has 0 bridgehead atoms. The maximum Gasteiger partial charge on any atom is 0.303 e. The van der Waals surface area contributed by atoms with Crippen LogP contribution in [0.2, 0.25) is 0 Å². The predicted molar refractivity (Wildman–Crippen MR) is 102 cm³/mol. The molecule has 0 radical (unpaired) electrons. The van der Waals surface area contributed by atoms with Gasteiger partial charge in [-0.1, -0.05) is 12.1 Å². The first-order valence-corrected chi connectivity index (χ1v) is 10.2. The Labute approximate surface area is 163 Å². The number of aliphatic carboxylic acids is 2. The van der Waals surface area contributed by atoms with Gasteiger partial charge >= 0.3 is 11.9 Å². The highest BCUT2D eigenvalue weighted by Crippen LogP contribution is 2.25. The van der Waals surface area contributed by atoms with Crippen LogP contribution in [0.5, 0.6) is 0 Å². The summed E-state index contributed by atoms with van der Waals surface area (Å²) >= 11 is 0. The maximum atomic E-state index is 12.8. The minimum Gasteiger partial charge on any atom is -0.481 e. The largest absolute Gasteiger partial charge is 0.481 e. The zero-order valence-corrected chi connectivity index (χ0v) is 16.1. The minimum atomic E-state index is -3.45. The molecule has 1 aliphatic heterocycles. The van der Waals surface area contributed by atoms with Crippen molar-refractivity contribution in [3.63, 3.8) is 0 Å². The Morgan fingerprint density at radius 2 is 1.79 bits per heavy atom. The molecule has 28 heavy (non-hydrogen) atoms. The molecule has 9 nitrogen and oxygen atoms in total. The van der Waals surface area contributed by atoms with Gasteiger partial charge in [0, 0.05) is 42.8 Å². The first kappa shape index (κ1) is 21.7. The fourth-order valence-electron chi connectivity index (χ4n) is 2.73. The molecular formula is C18H23N3O6S. The molecule has 10 heteroatoms. The number of carboxylic acid groups (broad SMARTS) is 2. The summed E-state index contributed by atoms with van der Waals surface area (Å²) in [6.07, 6.45) is 3.57. The van der Waals surface area contributed by atoms with Crippen LogP contribution >= 0.6 is 0 Å². The van der Waals surface area contributed by atoms with Gasteiger partial charge in [-0.15, -0.1) is 0 Å². The molecule has 0 saturated carbocycles. The molecule has 152 valence electrons. The van der Waals surface area contributed by atoms with E-state index in [9.17, 15) is 18.0 Å². The van der Waals surface area contributed by atoms with Gasteiger partial charge in [0.2, 0.25) is 10.0 Å². The molecule has 0 spiro atoms. The van der Waals surface area contributed by atoms with E-state index in [4.69, 9.17) is 10.2 Å². The molecule has 0 amide bonds. The summed E-state index contributed by atoms with van der Waals surface area (Å²) in [4.78, 5) is 23.7. The summed E-state index contributed by atoms with van der Waals surface area (Å²) in [5.41, 5.74) is 0. The lowest BCUT2D eigenvalue weighted by atomic mass is 10.2. The number of nitrogens with one attached hydrogen (secondary N) is 1. The Morgan fingerprint density at radius 1 is 1.07 bits per heavy atom. The molecular weight excluding hydrogens is 386 g/mol. The van der Waals surface area contributed by atoms with Crippen LogP contribution in [0.1, 0.15) is 19.3 Å². The molecule has 2 heterocycles. The molecule has 0 aliphatic carbocycles. The Kier molecular flexibility index (Phi) is 7.85. The number of carboxylic acids is 2. The van der Waals surface area contributed by atoms with E-state index < -0.39 is 22.0 Å². The molecule has 3 N–H and O–H groups in total. The van der Waals surface area contributed by atoms with E-state index in [0.29, 0.717) is 24.5 Å². The molecule has 0 atom stereocenters. The average molecular weight is 409 g/mol. The van der Waals surface area contributed by atoms with Crippen LogP contribution in [-0.4, -0.2) is 66.0 Å². The fourth-order valence-corrected chi connectivity index (χ4v) is 4.43. The Morgan fingerprint density at radius 3 is 2.46 bits per heavy atom. The Bertz CT molecular complexity index is 905. The van der Waals surface area contributed by atoms with Crippen LogP contribution in [0.3, 0.4) is 0 Å².